The molecular formula is C10H19F3N2O. The number of ether oxygens (including phenoxy) is 1. The van der Waals surface area contributed by atoms with Crippen molar-refractivity contribution in [2.45, 2.75) is 12.6 Å². The molecule has 16 heavy (non-hydrogen) atoms. The lowest BCUT2D eigenvalue weighted by molar-refractivity contribution is -0.175. The van der Waals surface area contributed by atoms with Crippen molar-refractivity contribution in [2.75, 3.05) is 46.4 Å². The average molecular weight is 240 g/mol. The second-order valence-corrected chi connectivity index (χ2v) is 4.09. The largest absolute Gasteiger partial charge is 0.394 e. The summed E-state index contributed by atoms with van der Waals surface area (Å²) < 4.78 is 42.7. The van der Waals surface area contributed by atoms with E-state index in [-0.39, 0.29) is 13.1 Å². The van der Waals surface area contributed by atoms with Crippen molar-refractivity contribution in [1.29, 1.82) is 0 Å². The molecule has 1 heterocycles. The standard InChI is InChI=1S/C10H19F3N2O/c1-16-6-2-4-15-5-3-14-7-9(8-15)10(11,12)13/h9,14H,2-8H2,1H3. The van der Waals surface area contributed by atoms with E-state index in [4.69, 9.17) is 4.74 Å². The average Bonchev–Trinajstić information content (AvgIpc) is 2.43. The van der Waals surface area contributed by atoms with Crippen LogP contribution in [0.4, 0.5) is 13.2 Å². The highest BCUT2D eigenvalue weighted by atomic mass is 19.4. The Labute approximate surface area is 93.9 Å². The molecule has 0 aromatic rings. The van der Waals surface area contributed by atoms with Gasteiger partial charge in [-0.1, -0.05) is 0 Å². The maximum atomic E-state index is 12.6. The van der Waals surface area contributed by atoms with Crippen LogP contribution in [0.2, 0.25) is 0 Å². The smallest absolute Gasteiger partial charge is 0.385 e. The molecule has 0 amide bonds. The van der Waals surface area contributed by atoms with E-state index in [1.165, 1.54) is 0 Å². The molecule has 1 aliphatic rings. The molecule has 0 aromatic heterocycles. The molecule has 0 spiro atoms. The molecule has 0 aliphatic carbocycles. The molecule has 0 bridgehead atoms. The molecular weight excluding hydrogens is 221 g/mol. The van der Waals surface area contributed by atoms with Crippen molar-refractivity contribution in [2.24, 2.45) is 5.92 Å². The van der Waals surface area contributed by atoms with Crippen LogP contribution in [0.15, 0.2) is 0 Å². The monoisotopic (exact) mass is 240 g/mol. The van der Waals surface area contributed by atoms with Crippen LogP contribution in [-0.4, -0.2) is 57.5 Å². The van der Waals surface area contributed by atoms with Crippen LogP contribution < -0.4 is 5.32 Å². The summed E-state index contributed by atoms with van der Waals surface area (Å²) in [5.74, 6) is -1.25. The third-order valence-corrected chi connectivity index (χ3v) is 2.76. The first-order chi connectivity index (χ1) is 7.54. The summed E-state index contributed by atoms with van der Waals surface area (Å²) in [6, 6.07) is 0. The van der Waals surface area contributed by atoms with Gasteiger partial charge in [-0.15, -0.1) is 0 Å². The quantitative estimate of drug-likeness (QED) is 0.745. The van der Waals surface area contributed by atoms with Gasteiger partial charge in [0, 0.05) is 46.4 Å². The van der Waals surface area contributed by atoms with Gasteiger partial charge < -0.3 is 15.0 Å². The van der Waals surface area contributed by atoms with E-state index < -0.39 is 12.1 Å². The lowest BCUT2D eigenvalue weighted by atomic mass is 10.1. The highest BCUT2D eigenvalue weighted by Gasteiger charge is 2.40. The molecule has 0 radical (unpaired) electrons. The Morgan fingerprint density at radius 3 is 2.81 bits per heavy atom. The fraction of sp³-hybridized carbons (Fsp3) is 1.00. The van der Waals surface area contributed by atoms with E-state index in [1.807, 2.05) is 4.90 Å². The van der Waals surface area contributed by atoms with E-state index in [2.05, 4.69) is 5.32 Å². The first-order valence-electron chi connectivity index (χ1n) is 5.52. The van der Waals surface area contributed by atoms with Gasteiger partial charge >= 0.3 is 6.18 Å². The Hall–Kier alpha value is -0.330. The predicted molar refractivity (Wildman–Crippen MR) is 55.3 cm³/mol. The molecule has 1 N–H and O–H groups in total. The van der Waals surface area contributed by atoms with E-state index in [0.717, 1.165) is 6.42 Å². The molecule has 1 fully saturated rings. The van der Waals surface area contributed by atoms with E-state index in [0.29, 0.717) is 26.2 Å². The van der Waals surface area contributed by atoms with Crippen LogP contribution in [0, 0.1) is 5.92 Å². The Bertz CT molecular complexity index is 199. The van der Waals surface area contributed by atoms with Gasteiger partial charge in [0.25, 0.3) is 0 Å². The summed E-state index contributed by atoms with van der Waals surface area (Å²) in [6.45, 7) is 2.70. The van der Waals surface area contributed by atoms with Crippen molar-refractivity contribution >= 4 is 0 Å². The van der Waals surface area contributed by atoms with Crippen molar-refractivity contribution in [3.63, 3.8) is 0 Å². The van der Waals surface area contributed by atoms with Crippen molar-refractivity contribution in [3.8, 4) is 0 Å². The third kappa shape index (κ3) is 4.67. The van der Waals surface area contributed by atoms with Gasteiger partial charge in [0.2, 0.25) is 0 Å². The highest BCUT2D eigenvalue weighted by Crippen LogP contribution is 2.27. The first-order valence-corrected chi connectivity index (χ1v) is 5.52. The number of hydrogen-bond acceptors (Lipinski definition) is 3. The number of methoxy groups -OCH3 is 1. The summed E-state index contributed by atoms with van der Waals surface area (Å²) in [7, 11) is 1.60. The first kappa shape index (κ1) is 13.7. The number of alkyl halides is 3. The number of nitrogens with zero attached hydrogens (tertiary/aromatic N) is 1. The van der Waals surface area contributed by atoms with Crippen LogP contribution in [-0.2, 0) is 4.74 Å². The fourth-order valence-electron chi connectivity index (χ4n) is 1.84. The molecule has 0 saturated carbocycles. The number of halogens is 3. The fourth-order valence-corrected chi connectivity index (χ4v) is 1.84. The summed E-state index contributed by atoms with van der Waals surface area (Å²) >= 11 is 0. The van der Waals surface area contributed by atoms with Crippen molar-refractivity contribution < 1.29 is 17.9 Å². The zero-order chi connectivity index (χ0) is 12.0. The molecule has 1 atom stereocenters. The topological polar surface area (TPSA) is 24.5 Å². The molecule has 96 valence electrons. The van der Waals surface area contributed by atoms with E-state index in [1.54, 1.807) is 7.11 Å². The van der Waals surface area contributed by atoms with Crippen molar-refractivity contribution in [3.05, 3.63) is 0 Å². The normalized spacial score (nSPS) is 24.4. The highest BCUT2D eigenvalue weighted by molar-refractivity contribution is 4.78. The van der Waals surface area contributed by atoms with Crippen LogP contribution in [0.25, 0.3) is 0 Å². The summed E-state index contributed by atoms with van der Waals surface area (Å²) in [6.07, 6.45) is -3.32. The van der Waals surface area contributed by atoms with Gasteiger partial charge in [-0.2, -0.15) is 13.2 Å². The van der Waals surface area contributed by atoms with Crippen LogP contribution >= 0.6 is 0 Å². The molecule has 1 rings (SSSR count). The summed E-state index contributed by atoms with van der Waals surface area (Å²) in [4.78, 5) is 1.86. The molecule has 0 aromatic carbocycles. The second kappa shape index (κ2) is 6.42. The Balaban J connectivity index is 2.39. The summed E-state index contributed by atoms with van der Waals surface area (Å²) in [5.41, 5.74) is 0. The SMILES string of the molecule is COCCCN1CCNCC(C(F)(F)F)C1. The predicted octanol–water partition coefficient (Wildman–Crippen LogP) is 1.11. The summed E-state index contributed by atoms with van der Waals surface area (Å²) in [5, 5.41) is 2.83. The van der Waals surface area contributed by atoms with Gasteiger partial charge in [0.15, 0.2) is 0 Å². The maximum absolute atomic E-state index is 12.6. The molecule has 1 saturated heterocycles. The van der Waals surface area contributed by atoms with E-state index >= 15 is 0 Å². The Morgan fingerprint density at radius 2 is 2.19 bits per heavy atom. The molecule has 1 unspecified atom stereocenters. The number of hydrogen-bond donors (Lipinski definition) is 1. The lowest BCUT2D eigenvalue weighted by Gasteiger charge is -2.25. The minimum Gasteiger partial charge on any atom is -0.385 e. The molecule has 1 aliphatic heterocycles. The van der Waals surface area contributed by atoms with Gasteiger partial charge in [0.05, 0.1) is 5.92 Å². The maximum Gasteiger partial charge on any atom is 0.394 e. The van der Waals surface area contributed by atoms with Crippen molar-refractivity contribution in [1.82, 2.24) is 10.2 Å². The van der Waals surface area contributed by atoms with Gasteiger partial charge in [-0.3, -0.25) is 0 Å². The minimum absolute atomic E-state index is 0.0320. The Kier molecular flexibility index (Phi) is 5.51. The van der Waals surface area contributed by atoms with E-state index in [9.17, 15) is 13.2 Å². The molecule has 6 heteroatoms. The zero-order valence-corrected chi connectivity index (χ0v) is 9.52. The third-order valence-electron chi connectivity index (χ3n) is 2.76. The lowest BCUT2D eigenvalue weighted by Crippen LogP contribution is -2.38. The Morgan fingerprint density at radius 1 is 1.44 bits per heavy atom. The number of rotatable bonds is 4. The van der Waals surface area contributed by atoms with Gasteiger partial charge in [-0.05, 0) is 6.42 Å². The van der Waals surface area contributed by atoms with Gasteiger partial charge in [-0.25, -0.2) is 0 Å². The zero-order valence-electron chi connectivity index (χ0n) is 9.52. The minimum atomic E-state index is -4.10. The van der Waals surface area contributed by atoms with Crippen LogP contribution in [0.5, 0.6) is 0 Å². The second-order valence-electron chi connectivity index (χ2n) is 4.09. The van der Waals surface area contributed by atoms with Crippen LogP contribution in [0.1, 0.15) is 6.42 Å². The number of nitrogens with one attached hydrogen (secondary N) is 1. The molecule has 3 nitrogen and oxygen atoms in total. The van der Waals surface area contributed by atoms with Crippen LogP contribution in [0.3, 0.4) is 0 Å². The van der Waals surface area contributed by atoms with Gasteiger partial charge in [0.1, 0.15) is 0 Å².